The van der Waals surface area contributed by atoms with Gasteiger partial charge in [0, 0.05) is 23.7 Å². The number of nitrogens with one attached hydrogen (secondary N) is 1. The number of benzene rings is 1. The van der Waals surface area contributed by atoms with E-state index in [1.54, 1.807) is 0 Å². The number of hydrogen-bond donors (Lipinski definition) is 1. The third-order valence-electron chi connectivity index (χ3n) is 4.27. The predicted octanol–water partition coefficient (Wildman–Crippen LogP) is 3.00. The zero-order valence-electron chi connectivity index (χ0n) is 13.7. The Morgan fingerprint density at radius 1 is 1.14 bits per heavy atom. The first-order valence-corrected chi connectivity index (χ1v) is 7.86. The van der Waals surface area contributed by atoms with Gasteiger partial charge in [0.2, 0.25) is 6.41 Å². The summed E-state index contributed by atoms with van der Waals surface area (Å²) in [6.07, 6.45) is 3.96. The molecule has 1 aromatic carbocycles. The zero-order valence-corrected chi connectivity index (χ0v) is 13.7. The molecule has 0 bridgehead atoms. The molecule has 1 aliphatic rings. The summed E-state index contributed by atoms with van der Waals surface area (Å²) in [5.41, 5.74) is 1.43. The van der Waals surface area contributed by atoms with Crippen molar-refractivity contribution in [3.63, 3.8) is 0 Å². The first-order valence-electron chi connectivity index (χ1n) is 7.86. The maximum atomic E-state index is 11.6. The molecule has 21 heavy (non-hydrogen) atoms. The van der Waals surface area contributed by atoms with E-state index in [0.29, 0.717) is 6.04 Å². The minimum atomic E-state index is 0.0699. The smallest absolute Gasteiger partial charge is 0.209 e. The largest absolute Gasteiger partial charge is 0.342 e. The molecular formula is C18H28N2O. The number of carbonyl (C=O) groups is 1. The van der Waals surface area contributed by atoms with Crippen LogP contribution in [0.25, 0.3) is 0 Å². The average Bonchev–Trinajstić information content (AvgIpc) is 2.37. The number of carbonyl (C=O) groups excluding carboxylic acids is 1. The maximum Gasteiger partial charge on any atom is 0.209 e. The van der Waals surface area contributed by atoms with E-state index in [9.17, 15) is 4.79 Å². The third kappa shape index (κ3) is 4.57. The molecule has 1 amide bonds. The average molecular weight is 288 g/mol. The van der Waals surface area contributed by atoms with Crippen molar-refractivity contribution in [3.8, 4) is 0 Å². The van der Waals surface area contributed by atoms with Gasteiger partial charge in [-0.3, -0.25) is 4.79 Å². The van der Waals surface area contributed by atoms with Gasteiger partial charge in [0.05, 0.1) is 0 Å². The molecule has 0 spiro atoms. The van der Waals surface area contributed by atoms with Crippen LogP contribution < -0.4 is 5.32 Å². The van der Waals surface area contributed by atoms with Crippen molar-refractivity contribution in [1.82, 2.24) is 10.2 Å². The van der Waals surface area contributed by atoms with Gasteiger partial charge in [-0.05, 0) is 52.5 Å². The number of rotatable bonds is 5. The Bertz CT molecular complexity index is 451. The quantitative estimate of drug-likeness (QED) is 0.845. The summed E-state index contributed by atoms with van der Waals surface area (Å²) >= 11 is 0. The van der Waals surface area contributed by atoms with E-state index in [1.165, 1.54) is 5.56 Å². The Morgan fingerprint density at radius 2 is 1.71 bits per heavy atom. The first kappa shape index (κ1) is 16.0. The SMILES string of the molecule is CC1(C)CC(N(C=O)CCc2ccccc2)CC(C)(C)N1. The summed E-state index contributed by atoms with van der Waals surface area (Å²) in [6, 6.07) is 10.7. The van der Waals surface area contributed by atoms with Crippen LogP contribution in [0.2, 0.25) is 0 Å². The van der Waals surface area contributed by atoms with Crippen molar-refractivity contribution in [1.29, 1.82) is 0 Å². The van der Waals surface area contributed by atoms with E-state index in [4.69, 9.17) is 0 Å². The van der Waals surface area contributed by atoms with E-state index in [-0.39, 0.29) is 11.1 Å². The van der Waals surface area contributed by atoms with Crippen molar-refractivity contribution in [2.24, 2.45) is 0 Å². The van der Waals surface area contributed by atoms with Gasteiger partial charge in [-0.25, -0.2) is 0 Å². The predicted molar refractivity (Wildman–Crippen MR) is 87.2 cm³/mol. The lowest BCUT2D eigenvalue weighted by atomic mass is 9.79. The van der Waals surface area contributed by atoms with Gasteiger partial charge in [0.15, 0.2) is 0 Å². The van der Waals surface area contributed by atoms with Crippen LogP contribution >= 0.6 is 0 Å². The van der Waals surface area contributed by atoms with Crippen molar-refractivity contribution >= 4 is 6.41 Å². The molecule has 0 saturated carbocycles. The highest BCUT2D eigenvalue weighted by molar-refractivity contribution is 5.48. The molecule has 1 heterocycles. The Kier molecular flexibility index (Phi) is 4.72. The Hall–Kier alpha value is -1.35. The van der Waals surface area contributed by atoms with E-state index < -0.39 is 0 Å². The fourth-order valence-electron chi connectivity index (χ4n) is 3.73. The first-order chi connectivity index (χ1) is 9.81. The molecule has 2 rings (SSSR count). The second-order valence-electron chi connectivity index (χ2n) is 7.53. The van der Waals surface area contributed by atoms with Crippen LogP contribution in [0.1, 0.15) is 46.1 Å². The van der Waals surface area contributed by atoms with Gasteiger partial charge in [-0.15, -0.1) is 0 Å². The molecule has 1 fully saturated rings. The van der Waals surface area contributed by atoms with Gasteiger partial charge in [-0.1, -0.05) is 30.3 Å². The number of piperidine rings is 1. The molecule has 3 nitrogen and oxygen atoms in total. The maximum absolute atomic E-state index is 11.6. The Morgan fingerprint density at radius 3 is 2.24 bits per heavy atom. The van der Waals surface area contributed by atoms with Gasteiger partial charge in [0.25, 0.3) is 0 Å². The highest BCUT2D eigenvalue weighted by atomic mass is 16.1. The molecule has 0 radical (unpaired) electrons. The lowest BCUT2D eigenvalue weighted by Gasteiger charge is -2.49. The number of nitrogens with zero attached hydrogens (tertiary/aromatic N) is 1. The minimum absolute atomic E-state index is 0.0699. The van der Waals surface area contributed by atoms with Crippen LogP contribution in [-0.4, -0.2) is 35.0 Å². The fourth-order valence-corrected chi connectivity index (χ4v) is 3.73. The summed E-state index contributed by atoms with van der Waals surface area (Å²) in [7, 11) is 0. The molecule has 1 saturated heterocycles. The van der Waals surface area contributed by atoms with E-state index >= 15 is 0 Å². The monoisotopic (exact) mass is 288 g/mol. The molecule has 0 atom stereocenters. The molecule has 116 valence electrons. The van der Waals surface area contributed by atoms with Crippen LogP contribution in [-0.2, 0) is 11.2 Å². The van der Waals surface area contributed by atoms with Crippen LogP contribution in [0, 0.1) is 0 Å². The molecule has 1 aromatic rings. The Labute approximate surface area is 128 Å². The molecule has 1 N–H and O–H groups in total. The van der Waals surface area contributed by atoms with E-state index in [1.807, 2.05) is 11.0 Å². The summed E-state index contributed by atoms with van der Waals surface area (Å²) in [5, 5.41) is 3.67. The van der Waals surface area contributed by atoms with E-state index in [2.05, 4.69) is 57.3 Å². The lowest BCUT2D eigenvalue weighted by Crippen LogP contribution is -2.62. The molecule has 0 aliphatic carbocycles. The third-order valence-corrected chi connectivity index (χ3v) is 4.27. The van der Waals surface area contributed by atoms with Gasteiger partial charge in [0.1, 0.15) is 0 Å². The number of hydrogen-bond acceptors (Lipinski definition) is 2. The van der Waals surface area contributed by atoms with Gasteiger partial charge >= 0.3 is 0 Å². The lowest BCUT2D eigenvalue weighted by molar-refractivity contribution is -0.121. The van der Waals surface area contributed by atoms with Crippen molar-refractivity contribution in [2.75, 3.05) is 6.54 Å². The highest BCUT2D eigenvalue weighted by Crippen LogP contribution is 2.31. The van der Waals surface area contributed by atoms with Crippen LogP contribution in [0.15, 0.2) is 30.3 Å². The second-order valence-corrected chi connectivity index (χ2v) is 7.53. The summed E-state index contributed by atoms with van der Waals surface area (Å²) in [6.45, 7) is 9.69. The highest BCUT2D eigenvalue weighted by Gasteiger charge is 2.39. The molecule has 1 aliphatic heterocycles. The van der Waals surface area contributed by atoms with Crippen molar-refractivity contribution in [3.05, 3.63) is 35.9 Å². The van der Waals surface area contributed by atoms with Crippen LogP contribution in [0.5, 0.6) is 0 Å². The molecular weight excluding hydrogens is 260 g/mol. The van der Waals surface area contributed by atoms with Crippen LogP contribution in [0.3, 0.4) is 0 Å². The summed E-state index contributed by atoms with van der Waals surface area (Å²) in [5.74, 6) is 0. The number of amides is 1. The topological polar surface area (TPSA) is 32.3 Å². The van der Waals surface area contributed by atoms with Crippen molar-refractivity contribution < 1.29 is 4.79 Å². The molecule has 3 heteroatoms. The molecule has 0 unspecified atom stereocenters. The fraction of sp³-hybridized carbons (Fsp3) is 0.611. The summed E-state index contributed by atoms with van der Waals surface area (Å²) in [4.78, 5) is 13.6. The minimum Gasteiger partial charge on any atom is -0.342 e. The normalized spacial score (nSPS) is 21.0. The van der Waals surface area contributed by atoms with Gasteiger partial charge < -0.3 is 10.2 Å². The second kappa shape index (κ2) is 6.18. The van der Waals surface area contributed by atoms with E-state index in [0.717, 1.165) is 32.2 Å². The standard InChI is InChI=1S/C18H28N2O/c1-17(2)12-16(13-18(3,4)19-17)20(14-21)11-10-15-8-6-5-7-9-15/h5-9,14,16,19H,10-13H2,1-4H3. The summed E-state index contributed by atoms with van der Waals surface area (Å²) < 4.78 is 0. The molecule has 0 aromatic heterocycles. The Balaban J connectivity index is 2.01. The van der Waals surface area contributed by atoms with Crippen molar-refractivity contribution in [2.45, 2.75) is 64.1 Å². The van der Waals surface area contributed by atoms with Gasteiger partial charge in [-0.2, -0.15) is 0 Å². The van der Waals surface area contributed by atoms with Crippen LogP contribution in [0.4, 0.5) is 0 Å². The zero-order chi connectivity index (χ0) is 15.5.